The molecule has 89 heavy (non-hydrogen) atoms. The standard InChI is InChI=1S/C69H95FN10O8S/c1-9-78-57-19-18-48-33-52(57)54(61(78)53-34-50(37-71-58(53)43(2)86-8)75-26-25-74-27-28-87-39-51(74)38-75)35-68(6,7)42-88-66(84)55-15-12-22-79(73-55)64(82)56(32-44-29-45(36-70)31-49(48)30-44)72-63(81)60(46-13-10-11-14-46)76-23-20-69(40-76)21-24-77(41-69)65(83)62-59(47-16-17-47)80(62)89(85)67(3,4)5/h18-19,29-31,33-34,37,43,46-47,51,55-56,59-60,62,73H,9-17,20-28,32,35-36,38-42H2,1-8H3,(H,72,81)/t43-,51-,55-,56-,59+,60-,62+,69-,80?,89+/m0/s1. The van der Waals surface area contributed by atoms with Crippen molar-refractivity contribution in [3.63, 3.8) is 0 Å². The Hall–Kier alpha value is -5.19. The van der Waals surface area contributed by atoms with E-state index in [1.165, 1.54) is 5.01 Å². The highest BCUT2D eigenvalue weighted by molar-refractivity contribution is 7.90. The molecule has 13 rings (SSSR count). The molecule has 18 nitrogen and oxygen atoms in total. The molecule has 9 aliphatic rings. The number of rotatable bonds is 13. The normalized spacial score (nSPS) is 29.1. The molecule has 2 aromatic heterocycles. The minimum absolute atomic E-state index is 0.0427. The minimum atomic E-state index is -1.27. The van der Waals surface area contributed by atoms with Crippen molar-refractivity contribution in [3.8, 4) is 22.4 Å². The van der Waals surface area contributed by atoms with Gasteiger partial charge in [-0.2, -0.15) is 0 Å². The van der Waals surface area contributed by atoms with Gasteiger partial charge < -0.3 is 38.4 Å². The quantitative estimate of drug-likeness (QED) is 0.0744. The van der Waals surface area contributed by atoms with Crippen molar-refractivity contribution < 1.29 is 42.3 Å². The first-order valence-electron chi connectivity index (χ1n) is 33.5. The van der Waals surface area contributed by atoms with Gasteiger partial charge in [-0.05, 0) is 163 Å². The number of halogens is 1. The monoisotopic (exact) mass is 1240 g/mol. The third-order valence-electron chi connectivity index (χ3n) is 21.4. The van der Waals surface area contributed by atoms with Crippen LogP contribution in [0.5, 0.6) is 0 Å². The molecule has 4 aromatic rings. The number of pyridine rings is 1. The highest BCUT2D eigenvalue weighted by Crippen LogP contribution is 2.52. The van der Waals surface area contributed by atoms with Crippen molar-refractivity contribution in [3.05, 3.63) is 71.0 Å². The van der Waals surface area contributed by atoms with E-state index in [2.05, 4.69) is 75.0 Å². The molecule has 1 spiro atoms. The number of aromatic nitrogens is 2. The van der Waals surface area contributed by atoms with Crippen LogP contribution in [0.3, 0.4) is 0 Å². The number of aryl methyl sites for hydroxylation is 1. The first kappa shape index (κ1) is 62.6. The second-order valence-corrected chi connectivity index (χ2v) is 31.6. The van der Waals surface area contributed by atoms with E-state index in [-0.39, 0.29) is 60.3 Å². The smallest absolute Gasteiger partial charge is 0.324 e. The number of cyclic esters (lactones) is 1. The summed E-state index contributed by atoms with van der Waals surface area (Å²) >= 11 is -1.27. The first-order valence-corrected chi connectivity index (χ1v) is 34.6. The predicted molar refractivity (Wildman–Crippen MR) is 342 cm³/mol. The van der Waals surface area contributed by atoms with Crippen molar-refractivity contribution in [2.24, 2.45) is 22.7 Å². The van der Waals surface area contributed by atoms with Crippen LogP contribution in [0.15, 0.2) is 48.7 Å². The SMILES string of the molecule is CCn1c(-c2cc(N3CCN4CCOC[C@@H]4C3)cnc2[C@H](C)OC)c2c3cc(ccc31)-c1cc(CF)cc(c1)C[C@H](NC(=O)[C@H](C1CCCC1)N1CC[C@]3(CCN(C(=O)[C@H]4[C@@H](C5CC5)N4[S@+]([O-])C(C)(C)C)C3)C1)C(=O)N1CCC[C@H](N1)C(=O)OCC(C)(C)C2. The van der Waals surface area contributed by atoms with Crippen molar-refractivity contribution >= 4 is 51.6 Å². The van der Waals surface area contributed by atoms with Gasteiger partial charge in [-0.25, -0.2) is 9.82 Å². The number of esters is 1. The largest absolute Gasteiger partial charge is 0.597 e. The lowest BCUT2D eigenvalue weighted by molar-refractivity contribution is -0.155. The average Bonchev–Trinajstić information content (AvgIpc) is 1.57. The van der Waals surface area contributed by atoms with Crippen LogP contribution in [0.1, 0.15) is 141 Å². The molecule has 482 valence electrons. The number of carbonyl (C=O) groups excluding carboxylic acids is 4. The molecule has 2 N–H and O–H groups in total. The number of likely N-dealkylation sites (tertiary alicyclic amines) is 2. The van der Waals surface area contributed by atoms with Gasteiger partial charge in [0.1, 0.15) is 23.5 Å². The summed E-state index contributed by atoms with van der Waals surface area (Å²) in [6.07, 6.45) is 10.9. The molecule has 1 unspecified atom stereocenters. The number of hydrazine groups is 1. The second-order valence-electron chi connectivity index (χ2n) is 29.4. The Morgan fingerprint density at radius 3 is 2.51 bits per heavy atom. The first-order chi connectivity index (χ1) is 42.7. The number of carbonyl (C=O) groups is 4. The molecular weight excluding hydrogens is 1150 g/mol. The molecule has 10 atom stereocenters. The number of fused-ring (bicyclic) bond motifs is 7. The van der Waals surface area contributed by atoms with Gasteiger partial charge in [-0.3, -0.25) is 39.0 Å². The van der Waals surface area contributed by atoms with Crippen LogP contribution in [-0.2, 0) is 70.8 Å². The van der Waals surface area contributed by atoms with Crippen molar-refractivity contribution in [1.82, 2.24) is 44.3 Å². The van der Waals surface area contributed by atoms with Gasteiger partial charge >= 0.3 is 5.97 Å². The van der Waals surface area contributed by atoms with Crippen LogP contribution in [0.4, 0.5) is 10.1 Å². The van der Waals surface area contributed by atoms with Gasteiger partial charge in [0.15, 0.2) is 6.04 Å². The van der Waals surface area contributed by atoms with E-state index >= 15 is 14.0 Å². The zero-order valence-electron chi connectivity index (χ0n) is 53.8. The Kier molecular flexibility index (Phi) is 17.6. The molecule has 6 saturated heterocycles. The Morgan fingerprint density at radius 2 is 1.75 bits per heavy atom. The Morgan fingerprint density at radius 1 is 0.955 bits per heavy atom. The van der Waals surface area contributed by atoms with Crippen LogP contribution in [0.2, 0.25) is 0 Å². The number of benzene rings is 2. The predicted octanol–water partition coefficient (Wildman–Crippen LogP) is 8.14. The Labute approximate surface area is 528 Å². The van der Waals surface area contributed by atoms with E-state index in [1.807, 2.05) is 61.3 Å². The fraction of sp³-hybridized carbons (Fsp3) is 0.667. The number of ether oxygens (including phenoxy) is 3. The summed E-state index contributed by atoms with van der Waals surface area (Å²) in [5.41, 5.74) is 11.3. The summed E-state index contributed by atoms with van der Waals surface area (Å²) in [5.74, 6) is -0.422. The van der Waals surface area contributed by atoms with Crippen LogP contribution in [-0.4, -0.2) is 189 Å². The molecule has 0 radical (unpaired) electrons. The molecule has 2 aromatic carbocycles. The van der Waals surface area contributed by atoms with Crippen LogP contribution >= 0.6 is 0 Å². The zero-order valence-corrected chi connectivity index (χ0v) is 54.6. The number of morpholine rings is 1. The number of nitrogens with zero attached hydrogens (tertiary/aromatic N) is 8. The van der Waals surface area contributed by atoms with E-state index in [1.54, 1.807) is 7.11 Å². The number of hydrogen-bond acceptors (Lipinski definition) is 14. The second kappa shape index (κ2) is 25.0. The number of alkyl halides is 1. The van der Waals surface area contributed by atoms with Gasteiger partial charge in [0, 0.05) is 111 Å². The lowest BCUT2D eigenvalue weighted by Crippen LogP contribution is -2.62. The van der Waals surface area contributed by atoms with Gasteiger partial charge in [-0.15, -0.1) is 4.31 Å². The number of nitrogens with one attached hydrogen (secondary N) is 2. The van der Waals surface area contributed by atoms with E-state index in [0.29, 0.717) is 88.2 Å². The summed E-state index contributed by atoms with van der Waals surface area (Å²) in [5, 5.41) is 5.88. The summed E-state index contributed by atoms with van der Waals surface area (Å²) in [4.78, 5) is 74.3. The number of amides is 3. The van der Waals surface area contributed by atoms with Gasteiger partial charge in [-0.1, -0.05) is 44.9 Å². The van der Waals surface area contributed by atoms with E-state index in [0.717, 1.165) is 134 Å². The number of anilines is 1. The van der Waals surface area contributed by atoms with Gasteiger partial charge in [0.05, 0.1) is 67.3 Å². The molecule has 2 aliphatic carbocycles. The lowest BCUT2D eigenvalue weighted by Gasteiger charge is -2.44. The third-order valence-corrected chi connectivity index (χ3v) is 23.3. The summed E-state index contributed by atoms with van der Waals surface area (Å²) in [6, 6.07) is 12.2. The van der Waals surface area contributed by atoms with Crippen molar-refractivity contribution in [2.75, 3.05) is 90.7 Å². The fourth-order valence-corrected chi connectivity index (χ4v) is 17.9. The Bertz CT molecular complexity index is 3330. The molecule has 20 heteroatoms. The molecule has 2 saturated carbocycles. The summed E-state index contributed by atoms with van der Waals surface area (Å²) in [6.45, 7) is 22.4. The maximum absolute atomic E-state index is 15.5. The molecule has 7 aliphatic heterocycles. The highest BCUT2D eigenvalue weighted by Gasteiger charge is 2.68. The Balaban J connectivity index is 0.833. The summed E-state index contributed by atoms with van der Waals surface area (Å²) in [7, 11) is 1.72. The van der Waals surface area contributed by atoms with E-state index in [9.17, 15) is 14.1 Å². The minimum Gasteiger partial charge on any atom is -0.597 e. The molecule has 3 amide bonds. The fourth-order valence-electron chi connectivity index (χ4n) is 16.4. The highest BCUT2D eigenvalue weighted by atomic mass is 32.2. The number of methoxy groups -OCH3 is 1. The maximum atomic E-state index is 15.5. The number of piperazine rings is 1. The van der Waals surface area contributed by atoms with Crippen molar-refractivity contribution in [2.45, 2.75) is 186 Å². The van der Waals surface area contributed by atoms with Crippen LogP contribution in [0, 0.1) is 22.7 Å². The zero-order chi connectivity index (χ0) is 62.3. The third kappa shape index (κ3) is 12.5. The molecule has 6 bridgehead atoms. The van der Waals surface area contributed by atoms with Crippen LogP contribution in [0.25, 0.3) is 33.3 Å². The molecule has 8 fully saturated rings. The lowest BCUT2D eigenvalue weighted by atomic mass is 9.84. The van der Waals surface area contributed by atoms with Gasteiger partial charge in [0.25, 0.3) is 5.91 Å². The maximum Gasteiger partial charge on any atom is 0.324 e. The summed E-state index contributed by atoms with van der Waals surface area (Å²) < 4.78 is 51.4. The average molecular weight is 1240 g/mol. The topological polar surface area (TPSA) is 180 Å². The van der Waals surface area contributed by atoms with E-state index in [4.69, 9.17) is 19.2 Å². The molecule has 9 heterocycles. The molecular formula is C69H95FN10O8S. The number of hydrogen-bond donors (Lipinski definition) is 2. The van der Waals surface area contributed by atoms with Crippen molar-refractivity contribution in [1.29, 1.82) is 0 Å². The van der Waals surface area contributed by atoms with Crippen LogP contribution < -0.4 is 15.6 Å². The van der Waals surface area contributed by atoms with E-state index < -0.39 is 52.3 Å². The van der Waals surface area contributed by atoms with Gasteiger partial charge in [0.2, 0.25) is 11.8 Å².